The zero-order chi connectivity index (χ0) is 41.0. The Labute approximate surface area is 361 Å². The number of hydrogen-bond acceptors (Lipinski definition) is 2. The standard InChI is InChI=1S/C60H40N2/c1-3-19-49(20-4-1)61(55-25-13-11-23-51(55)47-29-27-41-15-7-9-17-45(41)39-47)57-37-33-43-32-36-54-58(38-34-44-31-35-53(57)59(43)60(44)54)62(50-21-5-2-6-22-50)56-26-14-12-24-52(56)48-30-28-42-16-8-10-18-46(42)40-48/h1-40H. The minimum atomic E-state index is 1.11. The van der Waals surface area contributed by atoms with Gasteiger partial charge in [0, 0.05) is 33.3 Å². The molecule has 12 aromatic rings. The number of anilines is 6. The maximum Gasteiger partial charge on any atom is 0.0540 e. The summed E-state index contributed by atoms with van der Waals surface area (Å²) in [5.41, 5.74) is 11.5. The monoisotopic (exact) mass is 788 g/mol. The summed E-state index contributed by atoms with van der Waals surface area (Å²) in [6.45, 7) is 0. The Kier molecular flexibility index (Phi) is 8.53. The molecular formula is C60H40N2. The summed E-state index contributed by atoms with van der Waals surface area (Å²) in [4.78, 5) is 4.90. The minimum absolute atomic E-state index is 1.11. The first-order valence-corrected chi connectivity index (χ1v) is 21.3. The molecule has 12 rings (SSSR count). The van der Waals surface area contributed by atoms with Crippen molar-refractivity contribution in [3.63, 3.8) is 0 Å². The fourth-order valence-electron chi connectivity index (χ4n) is 9.67. The highest BCUT2D eigenvalue weighted by molar-refractivity contribution is 6.28. The van der Waals surface area contributed by atoms with Crippen molar-refractivity contribution in [3.8, 4) is 22.3 Å². The topological polar surface area (TPSA) is 6.48 Å². The van der Waals surface area contributed by atoms with Crippen LogP contribution in [0.1, 0.15) is 0 Å². The average molecular weight is 789 g/mol. The van der Waals surface area contributed by atoms with Gasteiger partial charge in [0.05, 0.1) is 22.7 Å². The van der Waals surface area contributed by atoms with Crippen LogP contribution >= 0.6 is 0 Å². The molecule has 0 aliphatic carbocycles. The molecule has 2 nitrogen and oxygen atoms in total. The Morgan fingerprint density at radius 3 is 1.03 bits per heavy atom. The van der Waals surface area contributed by atoms with Gasteiger partial charge < -0.3 is 9.80 Å². The Bertz CT molecular complexity index is 3350. The van der Waals surface area contributed by atoms with Crippen molar-refractivity contribution in [2.75, 3.05) is 9.80 Å². The van der Waals surface area contributed by atoms with Crippen LogP contribution in [0.25, 0.3) is 76.1 Å². The van der Waals surface area contributed by atoms with Gasteiger partial charge in [-0.2, -0.15) is 0 Å². The van der Waals surface area contributed by atoms with E-state index in [0.717, 1.165) is 34.1 Å². The van der Waals surface area contributed by atoms with E-state index in [0.29, 0.717) is 0 Å². The van der Waals surface area contributed by atoms with Crippen LogP contribution < -0.4 is 9.80 Å². The smallest absolute Gasteiger partial charge is 0.0540 e. The van der Waals surface area contributed by atoms with Crippen LogP contribution in [0.5, 0.6) is 0 Å². The van der Waals surface area contributed by atoms with Gasteiger partial charge in [0.15, 0.2) is 0 Å². The third-order valence-electron chi connectivity index (χ3n) is 12.5. The molecule has 0 N–H and O–H groups in total. The Balaban J connectivity index is 1.08. The number of nitrogens with zero attached hydrogens (tertiary/aromatic N) is 2. The molecule has 290 valence electrons. The van der Waals surface area contributed by atoms with E-state index in [1.54, 1.807) is 0 Å². The lowest BCUT2D eigenvalue weighted by molar-refractivity contribution is 1.30. The van der Waals surface area contributed by atoms with Crippen LogP contribution in [0.15, 0.2) is 243 Å². The molecule has 0 spiro atoms. The Morgan fingerprint density at radius 2 is 0.581 bits per heavy atom. The van der Waals surface area contributed by atoms with Gasteiger partial charge in [-0.05, 0) is 115 Å². The third-order valence-corrected chi connectivity index (χ3v) is 12.5. The second-order valence-electron chi connectivity index (χ2n) is 16.1. The molecule has 0 saturated heterocycles. The lowest BCUT2D eigenvalue weighted by Gasteiger charge is -2.31. The molecule has 0 atom stereocenters. The highest BCUT2D eigenvalue weighted by Crippen LogP contribution is 2.50. The molecule has 62 heavy (non-hydrogen) atoms. The summed E-state index contributed by atoms with van der Waals surface area (Å²) in [7, 11) is 0. The van der Waals surface area contributed by atoms with Gasteiger partial charge in [0.1, 0.15) is 0 Å². The van der Waals surface area contributed by atoms with E-state index >= 15 is 0 Å². The number of para-hydroxylation sites is 4. The van der Waals surface area contributed by atoms with Crippen molar-refractivity contribution < 1.29 is 0 Å². The predicted octanol–water partition coefficient (Wildman–Crippen LogP) is 17.2. The van der Waals surface area contributed by atoms with Gasteiger partial charge >= 0.3 is 0 Å². The van der Waals surface area contributed by atoms with Crippen molar-refractivity contribution in [3.05, 3.63) is 243 Å². The zero-order valence-corrected chi connectivity index (χ0v) is 34.0. The third kappa shape index (κ3) is 5.96. The molecule has 0 aliphatic rings. The molecule has 0 aliphatic heterocycles. The van der Waals surface area contributed by atoms with E-state index < -0.39 is 0 Å². The van der Waals surface area contributed by atoms with E-state index in [9.17, 15) is 0 Å². The summed E-state index contributed by atoms with van der Waals surface area (Å²) in [5.74, 6) is 0. The van der Waals surface area contributed by atoms with Crippen LogP contribution in [0.3, 0.4) is 0 Å². The second kappa shape index (κ2) is 14.8. The quantitative estimate of drug-likeness (QED) is 0.142. The van der Waals surface area contributed by atoms with Crippen molar-refractivity contribution >= 4 is 88.0 Å². The van der Waals surface area contributed by atoms with E-state index in [4.69, 9.17) is 0 Å². The fraction of sp³-hybridized carbons (Fsp3) is 0. The maximum absolute atomic E-state index is 2.45. The largest absolute Gasteiger partial charge is 0.309 e. The zero-order valence-electron chi connectivity index (χ0n) is 34.0. The van der Waals surface area contributed by atoms with Gasteiger partial charge in [-0.1, -0.05) is 182 Å². The van der Waals surface area contributed by atoms with Gasteiger partial charge in [0.25, 0.3) is 0 Å². The normalized spacial score (nSPS) is 11.5. The summed E-state index contributed by atoms with van der Waals surface area (Å²) in [6.07, 6.45) is 0. The van der Waals surface area contributed by atoms with Gasteiger partial charge in [-0.3, -0.25) is 0 Å². The highest BCUT2D eigenvalue weighted by Gasteiger charge is 2.24. The maximum atomic E-state index is 2.45. The van der Waals surface area contributed by atoms with Crippen LogP contribution in [-0.4, -0.2) is 0 Å². The van der Waals surface area contributed by atoms with Crippen molar-refractivity contribution in [1.82, 2.24) is 0 Å². The average Bonchev–Trinajstić information content (AvgIpc) is 3.35. The van der Waals surface area contributed by atoms with Crippen LogP contribution in [0, 0.1) is 0 Å². The minimum Gasteiger partial charge on any atom is -0.309 e. The molecule has 0 aromatic heterocycles. The molecule has 0 unspecified atom stereocenters. The second-order valence-corrected chi connectivity index (χ2v) is 16.1. The van der Waals surface area contributed by atoms with Crippen molar-refractivity contribution in [2.45, 2.75) is 0 Å². The van der Waals surface area contributed by atoms with Crippen LogP contribution in [0.2, 0.25) is 0 Å². The number of rotatable bonds is 8. The van der Waals surface area contributed by atoms with E-state index in [-0.39, 0.29) is 0 Å². The van der Waals surface area contributed by atoms with E-state index in [1.807, 2.05) is 0 Å². The lowest BCUT2D eigenvalue weighted by Crippen LogP contribution is -2.12. The molecule has 0 heterocycles. The summed E-state index contributed by atoms with van der Waals surface area (Å²) in [5, 5.41) is 12.3. The molecule has 0 radical (unpaired) electrons. The fourth-order valence-corrected chi connectivity index (χ4v) is 9.67. The first kappa shape index (κ1) is 35.7. The molecule has 0 bridgehead atoms. The van der Waals surface area contributed by atoms with Crippen molar-refractivity contribution in [1.29, 1.82) is 0 Å². The summed E-state index contributed by atoms with van der Waals surface area (Å²) >= 11 is 0. The first-order valence-electron chi connectivity index (χ1n) is 21.3. The van der Waals surface area contributed by atoms with Crippen LogP contribution in [-0.2, 0) is 0 Å². The molecule has 12 aromatic carbocycles. The molecule has 2 heteroatoms. The lowest BCUT2D eigenvalue weighted by atomic mass is 9.91. The Morgan fingerprint density at radius 1 is 0.226 bits per heavy atom. The highest BCUT2D eigenvalue weighted by atomic mass is 15.2. The van der Waals surface area contributed by atoms with Gasteiger partial charge in [-0.15, -0.1) is 0 Å². The van der Waals surface area contributed by atoms with E-state index in [1.165, 1.54) is 76.1 Å². The van der Waals surface area contributed by atoms with Gasteiger partial charge in [0.2, 0.25) is 0 Å². The van der Waals surface area contributed by atoms with Gasteiger partial charge in [-0.25, -0.2) is 0 Å². The molecule has 0 saturated carbocycles. The predicted molar refractivity (Wildman–Crippen MR) is 265 cm³/mol. The summed E-state index contributed by atoms with van der Waals surface area (Å²) in [6, 6.07) is 88.6. The number of hydrogen-bond donors (Lipinski definition) is 0. The van der Waals surface area contributed by atoms with E-state index in [2.05, 4.69) is 252 Å². The number of fused-ring (bicyclic) bond motifs is 2. The first-order chi connectivity index (χ1) is 30.8. The van der Waals surface area contributed by atoms with Crippen LogP contribution in [0.4, 0.5) is 34.1 Å². The molecule has 0 fully saturated rings. The molecule has 0 amide bonds. The van der Waals surface area contributed by atoms with Crippen molar-refractivity contribution in [2.24, 2.45) is 0 Å². The number of benzene rings is 12. The SMILES string of the molecule is c1ccc(N(c2ccccc2-c2ccc3ccccc3c2)c2ccc3ccc4c(N(c5ccccc5)c5ccccc5-c5ccc6ccccc6c5)ccc5ccc2c3c54)cc1. The molecular weight excluding hydrogens is 749 g/mol. The Hall–Kier alpha value is -8.20. The summed E-state index contributed by atoms with van der Waals surface area (Å²) < 4.78 is 0.